The summed E-state index contributed by atoms with van der Waals surface area (Å²) in [6.45, 7) is 7.78. The van der Waals surface area contributed by atoms with Crippen LogP contribution in [0.15, 0.2) is 45.8 Å². The topological polar surface area (TPSA) is 84.9 Å². The average Bonchev–Trinajstić information content (AvgIpc) is 3.08. The Morgan fingerprint density at radius 3 is 2.47 bits per heavy atom. The Balaban J connectivity index is 1.77. The van der Waals surface area contributed by atoms with Gasteiger partial charge in [-0.05, 0) is 74.9 Å². The van der Waals surface area contributed by atoms with Gasteiger partial charge in [-0.15, -0.1) is 0 Å². The first kappa shape index (κ1) is 25.8. The SMILES string of the molecule is CCOc1cc(/C=C2/SC(=O)N([C@H](C)CC)C2=O)c(Br)cc1OCC(=O)Nc1ccc(C)cc1. The van der Waals surface area contributed by atoms with Crippen molar-refractivity contribution in [3.63, 3.8) is 0 Å². The Kier molecular flexibility index (Phi) is 8.79. The number of aryl methyl sites for hydroxylation is 1. The number of hydrogen-bond acceptors (Lipinski definition) is 6. The maximum absolute atomic E-state index is 12.8. The number of imide groups is 1. The van der Waals surface area contributed by atoms with Gasteiger partial charge in [-0.1, -0.05) is 40.5 Å². The number of rotatable bonds is 9. The van der Waals surface area contributed by atoms with Crippen molar-refractivity contribution in [2.45, 2.75) is 40.2 Å². The van der Waals surface area contributed by atoms with Crippen LogP contribution in [0.3, 0.4) is 0 Å². The van der Waals surface area contributed by atoms with Crippen molar-refractivity contribution in [1.29, 1.82) is 0 Å². The molecule has 1 fully saturated rings. The molecular formula is C25H27BrN2O5S. The third-order valence-electron chi connectivity index (χ3n) is 5.20. The molecule has 1 saturated heterocycles. The lowest BCUT2D eigenvalue weighted by atomic mass is 10.1. The van der Waals surface area contributed by atoms with Crippen LogP contribution in [0, 0.1) is 6.92 Å². The maximum Gasteiger partial charge on any atom is 0.293 e. The number of thioether (sulfide) groups is 1. The fourth-order valence-corrected chi connectivity index (χ4v) is 4.56. The molecule has 3 amide bonds. The van der Waals surface area contributed by atoms with Gasteiger partial charge in [0, 0.05) is 16.2 Å². The highest BCUT2D eigenvalue weighted by atomic mass is 79.9. The Hall–Kier alpha value is -2.78. The van der Waals surface area contributed by atoms with Crippen molar-refractivity contribution in [1.82, 2.24) is 4.90 Å². The van der Waals surface area contributed by atoms with Crippen molar-refractivity contribution in [2.24, 2.45) is 0 Å². The van der Waals surface area contributed by atoms with E-state index in [1.165, 1.54) is 4.90 Å². The van der Waals surface area contributed by atoms with Crippen molar-refractivity contribution in [3.05, 3.63) is 56.9 Å². The number of carbonyl (C=O) groups excluding carboxylic acids is 3. The first-order chi connectivity index (χ1) is 16.2. The number of hydrogen-bond donors (Lipinski definition) is 1. The molecule has 180 valence electrons. The molecule has 3 rings (SSSR count). The Labute approximate surface area is 212 Å². The zero-order valence-corrected chi connectivity index (χ0v) is 21.9. The molecule has 0 spiro atoms. The number of benzene rings is 2. The fraction of sp³-hybridized carbons (Fsp3) is 0.320. The first-order valence-corrected chi connectivity index (χ1v) is 12.6. The molecule has 0 saturated carbocycles. The van der Waals surface area contributed by atoms with E-state index in [2.05, 4.69) is 21.2 Å². The molecule has 1 heterocycles. The lowest BCUT2D eigenvalue weighted by Gasteiger charge is -2.19. The van der Waals surface area contributed by atoms with E-state index in [4.69, 9.17) is 9.47 Å². The number of halogens is 1. The van der Waals surface area contributed by atoms with Crippen LogP contribution in [0.5, 0.6) is 11.5 Å². The van der Waals surface area contributed by atoms with E-state index in [9.17, 15) is 14.4 Å². The molecule has 2 aromatic carbocycles. The summed E-state index contributed by atoms with van der Waals surface area (Å²) in [5, 5.41) is 2.52. The van der Waals surface area contributed by atoms with Gasteiger partial charge in [-0.2, -0.15) is 0 Å². The van der Waals surface area contributed by atoms with Crippen molar-refractivity contribution < 1.29 is 23.9 Å². The van der Waals surface area contributed by atoms with Crippen LogP contribution in [0.1, 0.15) is 38.3 Å². The van der Waals surface area contributed by atoms with E-state index < -0.39 is 0 Å². The van der Waals surface area contributed by atoms with Gasteiger partial charge in [0.2, 0.25) is 0 Å². The predicted molar refractivity (Wildman–Crippen MR) is 138 cm³/mol. The van der Waals surface area contributed by atoms with Gasteiger partial charge in [0.05, 0.1) is 11.5 Å². The van der Waals surface area contributed by atoms with E-state index in [1.54, 1.807) is 18.2 Å². The van der Waals surface area contributed by atoms with Gasteiger partial charge in [0.1, 0.15) is 0 Å². The highest BCUT2D eigenvalue weighted by Gasteiger charge is 2.37. The molecule has 0 aromatic heterocycles. The van der Waals surface area contributed by atoms with Crippen LogP contribution < -0.4 is 14.8 Å². The Bertz CT molecular complexity index is 1120. The van der Waals surface area contributed by atoms with Gasteiger partial charge in [0.15, 0.2) is 18.1 Å². The lowest BCUT2D eigenvalue weighted by Crippen LogP contribution is -2.36. The minimum absolute atomic E-state index is 0.164. The van der Waals surface area contributed by atoms with Gasteiger partial charge in [-0.3, -0.25) is 19.3 Å². The summed E-state index contributed by atoms with van der Waals surface area (Å²) in [7, 11) is 0. The minimum atomic E-state index is -0.303. The number of nitrogens with zero attached hydrogens (tertiary/aromatic N) is 1. The Morgan fingerprint density at radius 2 is 1.82 bits per heavy atom. The van der Waals surface area contributed by atoms with E-state index in [0.29, 0.717) is 45.2 Å². The van der Waals surface area contributed by atoms with Crippen LogP contribution in [0.4, 0.5) is 10.5 Å². The third kappa shape index (κ3) is 6.21. The van der Waals surface area contributed by atoms with E-state index in [1.807, 2.05) is 52.0 Å². The molecule has 0 unspecified atom stereocenters. The second kappa shape index (κ2) is 11.6. The molecule has 1 N–H and O–H groups in total. The standard InChI is InChI=1S/C25H27BrN2O5S/c1-5-16(4)28-24(30)22(34-25(28)31)12-17-11-20(32-6-2)21(13-19(17)26)33-14-23(29)27-18-9-7-15(3)8-10-18/h7-13,16H,5-6,14H2,1-4H3,(H,27,29)/b22-12+/t16-/m1/s1. The number of amides is 3. The number of ether oxygens (including phenoxy) is 2. The van der Waals surface area contributed by atoms with Crippen molar-refractivity contribution >= 4 is 56.5 Å². The molecule has 0 aliphatic carbocycles. The van der Waals surface area contributed by atoms with E-state index in [-0.39, 0.29) is 29.7 Å². The minimum Gasteiger partial charge on any atom is -0.490 e. The molecule has 0 bridgehead atoms. The van der Waals surface area contributed by atoms with Gasteiger partial charge >= 0.3 is 0 Å². The van der Waals surface area contributed by atoms with Crippen molar-refractivity contribution in [3.8, 4) is 11.5 Å². The highest BCUT2D eigenvalue weighted by molar-refractivity contribution is 9.10. The van der Waals surface area contributed by atoms with Gasteiger partial charge in [-0.25, -0.2) is 0 Å². The number of nitrogens with one attached hydrogen (secondary N) is 1. The normalized spacial score (nSPS) is 15.6. The van der Waals surface area contributed by atoms with E-state index in [0.717, 1.165) is 17.3 Å². The summed E-state index contributed by atoms with van der Waals surface area (Å²) in [6, 6.07) is 10.7. The summed E-state index contributed by atoms with van der Waals surface area (Å²) < 4.78 is 12.1. The van der Waals surface area contributed by atoms with Crippen LogP contribution >= 0.6 is 27.7 Å². The zero-order chi connectivity index (χ0) is 24.8. The lowest BCUT2D eigenvalue weighted by molar-refractivity contribution is -0.124. The second-order valence-corrected chi connectivity index (χ2v) is 9.61. The predicted octanol–water partition coefficient (Wildman–Crippen LogP) is 6.01. The average molecular weight is 547 g/mol. The molecule has 9 heteroatoms. The zero-order valence-electron chi connectivity index (χ0n) is 19.5. The van der Waals surface area contributed by atoms with Crippen LogP contribution in [-0.2, 0) is 9.59 Å². The molecule has 2 aromatic rings. The molecule has 1 atom stereocenters. The monoisotopic (exact) mass is 546 g/mol. The molecule has 0 radical (unpaired) electrons. The van der Waals surface area contributed by atoms with Crippen LogP contribution in [0.25, 0.3) is 6.08 Å². The molecule has 1 aliphatic rings. The first-order valence-electron chi connectivity index (χ1n) is 11.0. The summed E-state index contributed by atoms with van der Waals surface area (Å²) in [5.74, 6) is 0.214. The fourth-order valence-electron chi connectivity index (χ4n) is 3.20. The number of anilines is 1. The largest absolute Gasteiger partial charge is 0.490 e. The summed E-state index contributed by atoms with van der Waals surface area (Å²) in [6.07, 6.45) is 2.35. The van der Waals surface area contributed by atoms with Gasteiger partial charge in [0.25, 0.3) is 17.1 Å². The van der Waals surface area contributed by atoms with Gasteiger partial charge < -0.3 is 14.8 Å². The molecule has 1 aliphatic heterocycles. The van der Waals surface area contributed by atoms with E-state index >= 15 is 0 Å². The highest BCUT2D eigenvalue weighted by Crippen LogP contribution is 2.39. The molecule has 7 nitrogen and oxygen atoms in total. The summed E-state index contributed by atoms with van der Waals surface area (Å²) >= 11 is 4.42. The molecular weight excluding hydrogens is 520 g/mol. The second-order valence-electron chi connectivity index (χ2n) is 7.77. The maximum atomic E-state index is 12.8. The summed E-state index contributed by atoms with van der Waals surface area (Å²) in [4.78, 5) is 39.0. The van der Waals surface area contributed by atoms with Crippen molar-refractivity contribution in [2.75, 3.05) is 18.5 Å². The third-order valence-corrected chi connectivity index (χ3v) is 6.77. The summed E-state index contributed by atoms with van der Waals surface area (Å²) in [5.41, 5.74) is 2.45. The smallest absolute Gasteiger partial charge is 0.293 e. The molecule has 34 heavy (non-hydrogen) atoms. The Morgan fingerprint density at radius 1 is 1.15 bits per heavy atom. The quantitative estimate of drug-likeness (QED) is 0.387. The number of carbonyl (C=O) groups is 3. The van der Waals surface area contributed by atoms with Crippen LogP contribution in [0.2, 0.25) is 0 Å². The van der Waals surface area contributed by atoms with Crippen LogP contribution in [-0.4, -0.2) is 41.2 Å².